The van der Waals surface area contributed by atoms with Gasteiger partial charge in [0.25, 0.3) is 0 Å². The van der Waals surface area contributed by atoms with Gasteiger partial charge in [0.2, 0.25) is 0 Å². The molecule has 0 aliphatic rings. The monoisotopic (exact) mass is 278 g/mol. The number of hydrogen-bond acceptors (Lipinski definition) is 3. The summed E-state index contributed by atoms with van der Waals surface area (Å²) in [5, 5.41) is 10.8. The van der Waals surface area contributed by atoms with Gasteiger partial charge in [-0.1, -0.05) is 36.4 Å². The summed E-state index contributed by atoms with van der Waals surface area (Å²) in [6, 6.07) is 14.5. The fourth-order valence-electron chi connectivity index (χ4n) is 2.47. The zero-order chi connectivity index (χ0) is 14.8. The van der Waals surface area contributed by atoms with E-state index in [1.54, 1.807) is 18.2 Å². The van der Waals surface area contributed by atoms with Crippen LogP contribution in [0.5, 0.6) is 5.75 Å². The number of benzene rings is 2. The van der Waals surface area contributed by atoms with Gasteiger partial charge in [0.05, 0.1) is 0 Å². The molecule has 0 saturated carbocycles. The molecule has 0 atom stereocenters. The SMILES string of the molecule is C=CCc1c(O)ccc2c(-c3ccccc3)cc(=O)oc12. The maximum absolute atomic E-state index is 11.9. The second-order valence-electron chi connectivity index (χ2n) is 4.78. The predicted molar refractivity (Wildman–Crippen MR) is 83.5 cm³/mol. The van der Waals surface area contributed by atoms with E-state index >= 15 is 0 Å². The summed E-state index contributed by atoms with van der Waals surface area (Å²) in [5.41, 5.74) is 2.30. The second-order valence-corrected chi connectivity index (χ2v) is 4.78. The fraction of sp³-hybridized carbons (Fsp3) is 0.0556. The summed E-state index contributed by atoms with van der Waals surface area (Å²) in [5.74, 6) is 0.107. The highest BCUT2D eigenvalue weighted by Crippen LogP contribution is 2.33. The Kier molecular flexibility index (Phi) is 3.32. The number of rotatable bonds is 3. The van der Waals surface area contributed by atoms with Crippen molar-refractivity contribution in [2.45, 2.75) is 6.42 Å². The maximum atomic E-state index is 11.9. The predicted octanol–water partition coefficient (Wildman–Crippen LogP) is 3.89. The number of aromatic hydroxyl groups is 1. The Morgan fingerprint density at radius 3 is 2.62 bits per heavy atom. The van der Waals surface area contributed by atoms with Crippen LogP contribution in [-0.4, -0.2) is 5.11 Å². The highest BCUT2D eigenvalue weighted by molar-refractivity contribution is 5.95. The quantitative estimate of drug-likeness (QED) is 0.584. The van der Waals surface area contributed by atoms with Crippen LogP contribution in [0.1, 0.15) is 5.56 Å². The Bertz CT molecular complexity index is 861. The first-order chi connectivity index (χ1) is 10.2. The molecule has 104 valence electrons. The van der Waals surface area contributed by atoms with Crippen molar-refractivity contribution in [3.05, 3.63) is 77.2 Å². The molecule has 3 nitrogen and oxygen atoms in total. The fourth-order valence-corrected chi connectivity index (χ4v) is 2.47. The van der Waals surface area contributed by atoms with Crippen LogP contribution in [0.25, 0.3) is 22.1 Å². The van der Waals surface area contributed by atoms with Gasteiger partial charge in [-0.05, 0) is 29.7 Å². The van der Waals surface area contributed by atoms with E-state index in [1.807, 2.05) is 30.3 Å². The van der Waals surface area contributed by atoms with Gasteiger partial charge in [-0.25, -0.2) is 4.79 Å². The molecule has 1 heterocycles. The average Bonchev–Trinajstić information content (AvgIpc) is 2.50. The molecule has 0 saturated heterocycles. The minimum Gasteiger partial charge on any atom is -0.508 e. The van der Waals surface area contributed by atoms with E-state index in [4.69, 9.17) is 4.42 Å². The topological polar surface area (TPSA) is 50.4 Å². The highest BCUT2D eigenvalue weighted by atomic mass is 16.4. The third-order valence-electron chi connectivity index (χ3n) is 3.42. The normalized spacial score (nSPS) is 10.7. The lowest BCUT2D eigenvalue weighted by Crippen LogP contribution is -2.00. The van der Waals surface area contributed by atoms with E-state index in [0.717, 1.165) is 16.5 Å². The molecule has 0 bridgehead atoms. The lowest BCUT2D eigenvalue weighted by atomic mass is 9.99. The smallest absolute Gasteiger partial charge is 0.336 e. The van der Waals surface area contributed by atoms with Crippen LogP contribution >= 0.6 is 0 Å². The van der Waals surface area contributed by atoms with E-state index in [9.17, 15) is 9.90 Å². The van der Waals surface area contributed by atoms with Crippen molar-refractivity contribution >= 4 is 11.0 Å². The van der Waals surface area contributed by atoms with E-state index < -0.39 is 5.63 Å². The van der Waals surface area contributed by atoms with Crippen LogP contribution < -0.4 is 5.63 Å². The third kappa shape index (κ3) is 2.34. The van der Waals surface area contributed by atoms with Crippen LogP contribution in [0.3, 0.4) is 0 Å². The number of fused-ring (bicyclic) bond motifs is 1. The summed E-state index contributed by atoms with van der Waals surface area (Å²) in [6.07, 6.45) is 2.11. The van der Waals surface area contributed by atoms with Crippen LogP contribution in [0, 0.1) is 0 Å². The Morgan fingerprint density at radius 1 is 1.14 bits per heavy atom. The molecule has 0 aliphatic heterocycles. The van der Waals surface area contributed by atoms with Crippen molar-refractivity contribution in [2.24, 2.45) is 0 Å². The molecular weight excluding hydrogens is 264 g/mol. The molecule has 0 radical (unpaired) electrons. The van der Waals surface area contributed by atoms with Crippen molar-refractivity contribution in [1.82, 2.24) is 0 Å². The van der Waals surface area contributed by atoms with Crippen molar-refractivity contribution in [3.8, 4) is 16.9 Å². The molecule has 0 fully saturated rings. The average molecular weight is 278 g/mol. The number of phenols is 1. The minimum absolute atomic E-state index is 0.107. The molecule has 21 heavy (non-hydrogen) atoms. The third-order valence-corrected chi connectivity index (χ3v) is 3.42. The van der Waals surface area contributed by atoms with Gasteiger partial charge < -0.3 is 9.52 Å². The maximum Gasteiger partial charge on any atom is 0.336 e. The second kappa shape index (κ2) is 5.29. The molecule has 3 heteroatoms. The zero-order valence-electron chi connectivity index (χ0n) is 11.4. The Labute approximate surface area is 121 Å². The number of allylic oxidation sites excluding steroid dienone is 1. The van der Waals surface area contributed by atoms with E-state index in [0.29, 0.717) is 17.6 Å². The molecule has 0 unspecified atom stereocenters. The largest absolute Gasteiger partial charge is 0.508 e. The first-order valence-corrected chi connectivity index (χ1v) is 6.65. The molecule has 3 rings (SSSR count). The molecule has 3 aromatic rings. The molecule has 1 N–H and O–H groups in total. The van der Waals surface area contributed by atoms with Crippen LogP contribution in [-0.2, 0) is 6.42 Å². The van der Waals surface area contributed by atoms with Gasteiger partial charge in [-0.15, -0.1) is 6.58 Å². The van der Waals surface area contributed by atoms with Gasteiger partial charge in [0, 0.05) is 17.0 Å². The number of hydrogen-bond donors (Lipinski definition) is 1. The van der Waals surface area contributed by atoms with Crippen molar-refractivity contribution in [1.29, 1.82) is 0 Å². The van der Waals surface area contributed by atoms with Gasteiger partial charge in [-0.2, -0.15) is 0 Å². The minimum atomic E-state index is -0.433. The van der Waals surface area contributed by atoms with E-state index in [-0.39, 0.29) is 5.75 Å². The summed E-state index contributed by atoms with van der Waals surface area (Å²) in [4.78, 5) is 11.9. The molecule has 2 aromatic carbocycles. The lowest BCUT2D eigenvalue weighted by Gasteiger charge is -2.09. The zero-order valence-corrected chi connectivity index (χ0v) is 11.4. The lowest BCUT2D eigenvalue weighted by molar-refractivity contribution is 0.467. The first-order valence-electron chi connectivity index (χ1n) is 6.65. The van der Waals surface area contributed by atoms with Gasteiger partial charge in [0.15, 0.2) is 0 Å². The first kappa shape index (κ1) is 13.2. The Hall–Kier alpha value is -2.81. The standard InChI is InChI=1S/C18H14O3/c1-2-6-14-16(19)10-9-13-15(11-17(20)21-18(13)14)12-7-4-3-5-8-12/h2-5,7-11,19H,1,6H2. The molecule has 0 spiro atoms. The van der Waals surface area contributed by atoms with Crippen molar-refractivity contribution in [2.75, 3.05) is 0 Å². The Morgan fingerprint density at radius 2 is 1.90 bits per heavy atom. The summed E-state index contributed by atoms with van der Waals surface area (Å²) in [7, 11) is 0. The van der Waals surface area contributed by atoms with Crippen molar-refractivity contribution in [3.63, 3.8) is 0 Å². The summed E-state index contributed by atoms with van der Waals surface area (Å²) < 4.78 is 5.32. The van der Waals surface area contributed by atoms with Crippen LogP contribution in [0.4, 0.5) is 0 Å². The van der Waals surface area contributed by atoms with Gasteiger partial charge >= 0.3 is 5.63 Å². The molecule has 1 aromatic heterocycles. The number of phenolic OH excluding ortho intramolecular Hbond substituents is 1. The van der Waals surface area contributed by atoms with Crippen LogP contribution in [0.2, 0.25) is 0 Å². The molecule has 0 amide bonds. The van der Waals surface area contributed by atoms with E-state index in [2.05, 4.69) is 6.58 Å². The van der Waals surface area contributed by atoms with Crippen molar-refractivity contribution < 1.29 is 9.52 Å². The summed E-state index contributed by atoms with van der Waals surface area (Å²) >= 11 is 0. The van der Waals surface area contributed by atoms with Gasteiger partial charge in [-0.3, -0.25) is 0 Å². The highest BCUT2D eigenvalue weighted by Gasteiger charge is 2.13. The van der Waals surface area contributed by atoms with Gasteiger partial charge in [0.1, 0.15) is 11.3 Å². The molecular formula is C18H14O3. The van der Waals surface area contributed by atoms with Crippen LogP contribution in [0.15, 0.2) is 70.4 Å². The van der Waals surface area contributed by atoms with E-state index in [1.165, 1.54) is 6.07 Å². The Balaban J connectivity index is 2.40. The summed E-state index contributed by atoms with van der Waals surface area (Å²) in [6.45, 7) is 3.68. The molecule has 0 aliphatic carbocycles.